The lowest BCUT2D eigenvalue weighted by molar-refractivity contribution is -0.893. The van der Waals surface area contributed by atoms with Gasteiger partial charge in [-0.3, -0.25) is 4.79 Å². The van der Waals surface area contributed by atoms with Crippen LogP contribution in [0.1, 0.15) is 39.0 Å². The third kappa shape index (κ3) is 4.12. The molecule has 0 heterocycles. The average Bonchev–Trinajstić information content (AvgIpc) is 2.17. The van der Waals surface area contributed by atoms with Gasteiger partial charge in [0.25, 0.3) is 0 Å². The minimum Gasteiger partial charge on any atom is -0.481 e. The number of hydrogen-bond donors (Lipinski definition) is 1. The Morgan fingerprint density at radius 1 is 1.25 bits per heavy atom. The van der Waals surface area contributed by atoms with Crippen LogP contribution in [0, 0.1) is 11.8 Å². The Morgan fingerprint density at radius 2 is 1.81 bits per heavy atom. The zero-order valence-electron chi connectivity index (χ0n) is 10.9. The van der Waals surface area contributed by atoms with Gasteiger partial charge in [-0.2, -0.15) is 0 Å². The van der Waals surface area contributed by atoms with Crippen LogP contribution in [0.4, 0.5) is 0 Å². The van der Waals surface area contributed by atoms with E-state index in [4.69, 9.17) is 5.11 Å². The average molecular weight is 228 g/mol. The molecule has 0 radical (unpaired) electrons. The number of carboxylic acids is 1. The quantitative estimate of drug-likeness (QED) is 0.733. The van der Waals surface area contributed by atoms with Gasteiger partial charge in [0.1, 0.15) is 0 Å². The zero-order chi connectivity index (χ0) is 12.2. The van der Waals surface area contributed by atoms with Crippen LogP contribution in [-0.2, 0) is 4.79 Å². The summed E-state index contributed by atoms with van der Waals surface area (Å²) in [6.45, 7) is 4.65. The van der Waals surface area contributed by atoms with Crippen molar-refractivity contribution in [2.24, 2.45) is 11.8 Å². The topological polar surface area (TPSA) is 37.3 Å². The molecule has 0 atom stereocenters. The van der Waals surface area contributed by atoms with Crippen LogP contribution in [0.3, 0.4) is 0 Å². The Morgan fingerprint density at radius 3 is 2.25 bits per heavy atom. The first-order chi connectivity index (χ1) is 7.44. The summed E-state index contributed by atoms with van der Waals surface area (Å²) in [6.07, 6.45) is 5.18. The van der Waals surface area contributed by atoms with E-state index in [-0.39, 0.29) is 5.92 Å². The molecule has 1 rings (SSSR count). The van der Waals surface area contributed by atoms with Gasteiger partial charge in [0, 0.05) is 5.92 Å². The van der Waals surface area contributed by atoms with Crippen molar-refractivity contribution in [3.63, 3.8) is 0 Å². The first-order valence-electron chi connectivity index (χ1n) is 6.49. The molecule has 0 unspecified atom stereocenters. The summed E-state index contributed by atoms with van der Waals surface area (Å²) in [5, 5.41) is 8.94. The van der Waals surface area contributed by atoms with Crippen LogP contribution in [0.5, 0.6) is 0 Å². The van der Waals surface area contributed by atoms with E-state index in [0.717, 1.165) is 36.1 Å². The highest BCUT2D eigenvalue weighted by Gasteiger charge is 2.29. The molecular formula is C13H26NO2+. The number of carboxylic acid groups (broad SMARTS) is 1. The van der Waals surface area contributed by atoms with Gasteiger partial charge in [-0.15, -0.1) is 0 Å². The molecule has 0 bridgehead atoms. The molecule has 0 saturated heterocycles. The maximum atomic E-state index is 10.8. The number of aliphatic carboxylic acids is 1. The summed E-state index contributed by atoms with van der Waals surface area (Å²) in [7, 11) is 4.57. The molecule has 94 valence electrons. The predicted molar refractivity (Wildman–Crippen MR) is 65.2 cm³/mol. The Balaban J connectivity index is 2.34. The Bertz CT molecular complexity index is 230. The molecule has 1 aliphatic rings. The van der Waals surface area contributed by atoms with Gasteiger partial charge in [0.2, 0.25) is 0 Å². The molecule has 0 aromatic rings. The molecule has 0 spiro atoms. The third-order valence-corrected chi connectivity index (χ3v) is 3.78. The van der Waals surface area contributed by atoms with E-state index in [0.29, 0.717) is 0 Å². The lowest BCUT2D eigenvalue weighted by Crippen LogP contribution is -2.44. The van der Waals surface area contributed by atoms with Crippen molar-refractivity contribution >= 4 is 5.97 Å². The fourth-order valence-corrected chi connectivity index (χ4v) is 2.99. The van der Waals surface area contributed by atoms with Crippen molar-refractivity contribution in [1.29, 1.82) is 0 Å². The maximum Gasteiger partial charge on any atom is 0.306 e. The van der Waals surface area contributed by atoms with Crippen molar-refractivity contribution in [3.05, 3.63) is 0 Å². The number of quaternary nitrogens is 1. The SMILES string of the molecule is CCC[N+](C)(C)CC1CCC(C(=O)O)CC1. The summed E-state index contributed by atoms with van der Waals surface area (Å²) in [6, 6.07) is 0. The molecule has 1 aliphatic carbocycles. The second-order valence-corrected chi connectivity index (χ2v) is 5.90. The van der Waals surface area contributed by atoms with Gasteiger partial charge in [0.05, 0.1) is 33.1 Å². The van der Waals surface area contributed by atoms with Crippen molar-refractivity contribution in [2.75, 3.05) is 27.2 Å². The highest BCUT2D eigenvalue weighted by Crippen LogP contribution is 2.30. The van der Waals surface area contributed by atoms with E-state index in [1.54, 1.807) is 0 Å². The third-order valence-electron chi connectivity index (χ3n) is 3.78. The van der Waals surface area contributed by atoms with Gasteiger partial charge in [-0.05, 0) is 32.1 Å². The lowest BCUT2D eigenvalue weighted by Gasteiger charge is -2.35. The van der Waals surface area contributed by atoms with Gasteiger partial charge < -0.3 is 9.59 Å². The van der Waals surface area contributed by atoms with Crippen molar-refractivity contribution in [2.45, 2.75) is 39.0 Å². The molecule has 0 amide bonds. The first kappa shape index (κ1) is 13.5. The zero-order valence-corrected chi connectivity index (χ0v) is 10.9. The molecule has 0 aromatic carbocycles. The Labute approximate surface area is 99.0 Å². The van der Waals surface area contributed by atoms with Crippen molar-refractivity contribution in [3.8, 4) is 0 Å². The molecule has 1 fully saturated rings. The van der Waals surface area contributed by atoms with Gasteiger partial charge >= 0.3 is 5.97 Å². The van der Waals surface area contributed by atoms with Crippen LogP contribution < -0.4 is 0 Å². The van der Waals surface area contributed by atoms with Gasteiger partial charge in [-0.1, -0.05) is 6.92 Å². The number of hydrogen-bond acceptors (Lipinski definition) is 1. The normalized spacial score (nSPS) is 26.7. The molecule has 1 N–H and O–H groups in total. The highest BCUT2D eigenvalue weighted by atomic mass is 16.4. The van der Waals surface area contributed by atoms with Gasteiger partial charge in [-0.25, -0.2) is 0 Å². The smallest absolute Gasteiger partial charge is 0.306 e. The van der Waals surface area contributed by atoms with Gasteiger partial charge in [0.15, 0.2) is 0 Å². The van der Waals surface area contributed by atoms with Crippen LogP contribution in [0.15, 0.2) is 0 Å². The van der Waals surface area contributed by atoms with Crippen LogP contribution in [0.2, 0.25) is 0 Å². The van der Waals surface area contributed by atoms with Crippen LogP contribution in [-0.4, -0.2) is 42.7 Å². The minimum atomic E-state index is -0.597. The van der Waals surface area contributed by atoms with E-state index in [1.165, 1.54) is 19.5 Å². The molecule has 1 saturated carbocycles. The fraction of sp³-hybridized carbons (Fsp3) is 0.923. The van der Waals surface area contributed by atoms with E-state index in [2.05, 4.69) is 21.0 Å². The molecule has 3 nitrogen and oxygen atoms in total. The summed E-state index contributed by atoms with van der Waals surface area (Å²) in [5.41, 5.74) is 0. The van der Waals surface area contributed by atoms with E-state index < -0.39 is 5.97 Å². The summed E-state index contributed by atoms with van der Waals surface area (Å²) in [4.78, 5) is 10.8. The summed E-state index contributed by atoms with van der Waals surface area (Å²) < 4.78 is 1.08. The maximum absolute atomic E-state index is 10.8. The minimum absolute atomic E-state index is 0.0713. The van der Waals surface area contributed by atoms with E-state index in [9.17, 15) is 4.79 Å². The first-order valence-corrected chi connectivity index (χ1v) is 6.49. The van der Waals surface area contributed by atoms with Crippen LogP contribution in [0.25, 0.3) is 0 Å². The second-order valence-electron chi connectivity index (χ2n) is 5.90. The molecular weight excluding hydrogens is 202 g/mol. The second kappa shape index (κ2) is 5.67. The standard InChI is InChI=1S/C13H25NO2/c1-4-9-14(2,3)10-11-5-7-12(8-6-11)13(15)16/h11-12H,4-10H2,1-3H3/p+1. The van der Waals surface area contributed by atoms with E-state index >= 15 is 0 Å². The largest absolute Gasteiger partial charge is 0.481 e. The molecule has 0 aliphatic heterocycles. The number of rotatable bonds is 5. The fourth-order valence-electron chi connectivity index (χ4n) is 2.99. The predicted octanol–water partition coefficient (Wildman–Crippen LogP) is 2.36. The Hall–Kier alpha value is -0.570. The number of carbonyl (C=O) groups is 1. The van der Waals surface area contributed by atoms with Crippen molar-refractivity contribution < 1.29 is 14.4 Å². The summed E-state index contributed by atoms with van der Waals surface area (Å²) in [5.74, 6) is 0.0657. The molecule has 3 heteroatoms. The number of nitrogens with zero attached hydrogens (tertiary/aromatic N) is 1. The van der Waals surface area contributed by atoms with Crippen molar-refractivity contribution in [1.82, 2.24) is 0 Å². The lowest BCUT2D eigenvalue weighted by atomic mass is 9.81. The van der Waals surface area contributed by atoms with Crippen LogP contribution >= 0.6 is 0 Å². The molecule has 0 aromatic heterocycles. The molecule has 16 heavy (non-hydrogen) atoms. The van der Waals surface area contributed by atoms with E-state index in [1.807, 2.05) is 0 Å². The monoisotopic (exact) mass is 228 g/mol. The summed E-state index contributed by atoms with van der Waals surface area (Å²) >= 11 is 0. The Kier molecular flexibility index (Phi) is 4.78. The highest BCUT2D eigenvalue weighted by molar-refractivity contribution is 5.69.